The molecule has 0 bridgehead atoms. The molecular weight excluding hydrogens is 245 g/mol. The van der Waals surface area contributed by atoms with Crippen LogP contribution in [0.25, 0.3) is 0 Å². The van der Waals surface area contributed by atoms with Gasteiger partial charge in [-0.1, -0.05) is 0 Å². The van der Waals surface area contributed by atoms with Crippen LogP contribution in [-0.4, -0.2) is 40.7 Å². The highest BCUT2D eigenvalue weighted by atomic mass is 16.7. The fraction of sp³-hybridized carbons (Fsp3) is 0.667. The molecule has 1 aromatic heterocycles. The van der Waals surface area contributed by atoms with Crippen molar-refractivity contribution in [2.24, 2.45) is 0 Å². The van der Waals surface area contributed by atoms with E-state index in [0.29, 0.717) is 6.54 Å². The fourth-order valence-corrected chi connectivity index (χ4v) is 1.78. The monoisotopic (exact) mass is 265 g/mol. The first-order valence-corrected chi connectivity index (χ1v) is 6.45. The molecular formula is C12H20BN3O3. The summed E-state index contributed by atoms with van der Waals surface area (Å²) in [5.74, 6) is 0. The Kier molecular flexibility index (Phi) is 3.44. The first-order chi connectivity index (χ1) is 8.77. The smallest absolute Gasteiger partial charge is 0.399 e. The molecule has 0 atom stereocenters. The van der Waals surface area contributed by atoms with E-state index in [1.165, 1.54) is 4.68 Å². The van der Waals surface area contributed by atoms with Gasteiger partial charge in [0.1, 0.15) is 0 Å². The van der Waals surface area contributed by atoms with Crippen LogP contribution in [0.1, 0.15) is 34.6 Å². The van der Waals surface area contributed by atoms with E-state index in [-0.39, 0.29) is 6.03 Å². The molecule has 0 aliphatic carbocycles. The maximum absolute atomic E-state index is 11.6. The highest BCUT2D eigenvalue weighted by molar-refractivity contribution is 6.62. The molecule has 0 saturated carbocycles. The zero-order valence-electron chi connectivity index (χ0n) is 12.1. The quantitative estimate of drug-likeness (QED) is 0.802. The SMILES string of the molecule is CCNC(=O)n1cc(B2OC(C)(C)C(C)(C)O2)cn1. The van der Waals surface area contributed by atoms with Gasteiger partial charge in [0.05, 0.1) is 11.2 Å². The maximum Gasteiger partial charge on any atom is 0.498 e. The minimum Gasteiger partial charge on any atom is -0.399 e. The third-order valence-electron chi connectivity index (χ3n) is 3.66. The predicted octanol–water partition coefficient (Wildman–Crippen LogP) is 0.760. The first kappa shape index (κ1) is 14.1. The van der Waals surface area contributed by atoms with Crippen molar-refractivity contribution in [3.63, 3.8) is 0 Å². The van der Waals surface area contributed by atoms with Gasteiger partial charge in [0.15, 0.2) is 0 Å². The second kappa shape index (κ2) is 4.65. The van der Waals surface area contributed by atoms with Gasteiger partial charge in [0.25, 0.3) is 0 Å². The summed E-state index contributed by atoms with van der Waals surface area (Å²) in [7, 11) is -0.492. The number of aromatic nitrogens is 2. The lowest BCUT2D eigenvalue weighted by Gasteiger charge is -2.32. The second-order valence-corrected chi connectivity index (χ2v) is 5.64. The number of amides is 1. The van der Waals surface area contributed by atoms with E-state index >= 15 is 0 Å². The van der Waals surface area contributed by atoms with Gasteiger partial charge in [-0.15, -0.1) is 0 Å². The van der Waals surface area contributed by atoms with Gasteiger partial charge in [-0.3, -0.25) is 0 Å². The summed E-state index contributed by atoms with van der Waals surface area (Å²) in [5, 5.41) is 6.70. The summed E-state index contributed by atoms with van der Waals surface area (Å²) in [4.78, 5) is 11.6. The number of carbonyl (C=O) groups is 1. The van der Waals surface area contributed by atoms with Crippen LogP contribution in [0.5, 0.6) is 0 Å². The van der Waals surface area contributed by atoms with Crippen LogP contribution in [0.4, 0.5) is 4.79 Å². The lowest BCUT2D eigenvalue weighted by atomic mass is 9.82. The van der Waals surface area contributed by atoms with E-state index in [4.69, 9.17) is 9.31 Å². The molecule has 1 aromatic rings. The minimum absolute atomic E-state index is 0.259. The zero-order valence-corrected chi connectivity index (χ0v) is 12.1. The molecule has 1 saturated heterocycles. The summed E-state index contributed by atoms with van der Waals surface area (Å²) in [6.45, 7) is 10.4. The second-order valence-electron chi connectivity index (χ2n) is 5.64. The lowest BCUT2D eigenvalue weighted by molar-refractivity contribution is 0.00578. The lowest BCUT2D eigenvalue weighted by Crippen LogP contribution is -2.41. The zero-order chi connectivity index (χ0) is 14.3. The average molecular weight is 265 g/mol. The summed E-state index contributed by atoms with van der Waals surface area (Å²) in [5.41, 5.74) is -0.0541. The molecule has 0 aromatic carbocycles. The highest BCUT2D eigenvalue weighted by Gasteiger charge is 2.52. The molecule has 7 heteroatoms. The van der Waals surface area contributed by atoms with E-state index < -0.39 is 18.3 Å². The number of hydrogen-bond donors (Lipinski definition) is 1. The normalized spacial score (nSPS) is 20.6. The number of rotatable bonds is 2. The summed E-state index contributed by atoms with van der Waals surface area (Å²) >= 11 is 0. The molecule has 2 rings (SSSR count). The van der Waals surface area contributed by atoms with E-state index in [1.54, 1.807) is 12.4 Å². The largest absolute Gasteiger partial charge is 0.498 e. The first-order valence-electron chi connectivity index (χ1n) is 6.45. The van der Waals surface area contributed by atoms with Crippen LogP contribution in [-0.2, 0) is 9.31 Å². The summed E-state index contributed by atoms with van der Waals surface area (Å²) < 4.78 is 13.0. The van der Waals surface area contributed by atoms with Crippen LogP contribution < -0.4 is 10.8 Å². The Bertz CT molecular complexity index is 468. The Morgan fingerprint density at radius 2 is 1.95 bits per heavy atom. The Labute approximate surface area is 113 Å². The van der Waals surface area contributed by atoms with Gasteiger partial charge in [-0.2, -0.15) is 9.78 Å². The minimum atomic E-state index is -0.492. The average Bonchev–Trinajstić information content (AvgIpc) is 2.83. The number of hydrogen-bond acceptors (Lipinski definition) is 4. The van der Waals surface area contributed by atoms with Crippen LogP contribution in [0, 0.1) is 0 Å². The van der Waals surface area contributed by atoms with E-state index in [0.717, 1.165) is 5.46 Å². The van der Waals surface area contributed by atoms with Gasteiger partial charge in [-0.25, -0.2) is 4.79 Å². The summed E-state index contributed by atoms with van der Waals surface area (Å²) in [6, 6.07) is -0.259. The predicted molar refractivity (Wildman–Crippen MR) is 72.4 cm³/mol. The molecule has 0 radical (unpaired) electrons. The number of carbonyl (C=O) groups excluding carboxylic acids is 1. The highest BCUT2D eigenvalue weighted by Crippen LogP contribution is 2.36. The van der Waals surface area contributed by atoms with Crippen LogP contribution in [0.15, 0.2) is 12.4 Å². The van der Waals surface area contributed by atoms with Crippen molar-refractivity contribution in [2.45, 2.75) is 45.8 Å². The summed E-state index contributed by atoms with van der Waals surface area (Å²) in [6.07, 6.45) is 3.23. The molecule has 1 amide bonds. The van der Waals surface area contributed by atoms with Crippen molar-refractivity contribution in [2.75, 3.05) is 6.54 Å². The third-order valence-corrected chi connectivity index (χ3v) is 3.66. The molecule has 6 nitrogen and oxygen atoms in total. The van der Waals surface area contributed by atoms with Gasteiger partial charge in [-0.05, 0) is 34.6 Å². The molecule has 1 aliphatic rings. The Morgan fingerprint density at radius 3 is 2.47 bits per heavy atom. The van der Waals surface area contributed by atoms with Crippen molar-refractivity contribution in [1.29, 1.82) is 0 Å². The standard InChI is InChI=1S/C12H20BN3O3/c1-6-14-10(17)16-8-9(7-15-16)13-18-11(2,3)12(4,5)19-13/h7-8H,6H2,1-5H3,(H,14,17). The van der Waals surface area contributed by atoms with Gasteiger partial charge < -0.3 is 14.6 Å². The molecule has 0 spiro atoms. The van der Waals surface area contributed by atoms with Crippen LogP contribution in [0.2, 0.25) is 0 Å². The van der Waals surface area contributed by atoms with Crippen molar-refractivity contribution in [3.05, 3.63) is 12.4 Å². The van der Waals surface area contributed by atoms with Crippen LogP contribution in [0.3, 0.4) is 0 Å². The molecule has 1 aliphatic heterocycles. The molecule has 104 valence electrons. The Balaban J connectivity index is 2.15. The molecule has 19 heavy (non-hydrogen) atoms. The van der Waals surface area contributed by atoms with Crippen molar-refractivity contribution in [3.8, 4) is 0 Å². The maximum atomic E-state index is 11.6. The molecule has 2 heterocycles. The number of nitrogens with one attached hydrogen (secondary N) is 1. The molecule has 1 fully saturated rings. The van der Waals surface area contributed by atoms with Crippen LogP contribution >= 0.6 is 0 Å². The Morgan fingerprint density at radius 1 is 1.37 bits per heavy atom. The van der Waals surface area contributed by atoms with Gasteiger partial charge >= 0.3 is 13.1 Å². The van der Waals surface area contributed by atoms with Gasteiger partial charge in [0.2, 0.25) is 0 Å². The van der Waals surface area contributed by atoms with E-state index in [2.05, 4.69) is 10.4 Å². The van der Waals surface area contributed by atoms with E-state index in [1.807, 2.05) is 34.6 Å². The number of nitrogens with zero attached hydrogens (tertiary/aromatic N) is 2. The third kappa shape index (κ3) is 2.53. The molecule has 1 N–H and O–H groups in total. The fourth-order valence-electron chi connectivity index (χ4n) is 1.78. The van der Waals surface area contributed by atoms with Gasteiger partial charge in [0, 0.05) is 24.4 Å². The topological polar surface area (TPSA) is 65.4 Å². The van der Waals surface area contributed by atoms with Crippen molar-refractivity contribution >= 4 is 18.6 Å². The molecule has 0 unspecified atom stereocenters. The van der Waals surface area contributed by atoms with Crippen molar-refractivity contribution in [1.82, 2.24) is 15.1 Å². The van der Waals surface area contributed by atoms with E-state index in [9.17, 15) is 4.79 Å². The van der Waals surface area contributed by atoms with Crippen molar-refractivity contribution < 1.29 is 14.1 Å². The Hall–Kier alpha value is -1.34.